The van der Waals surface area contributed by atoms with Crippen molar-refractivity contribution in [2.24, 2.45) is 5.73 Å². The highest BCUT2D eigenvalue weighted by Crippen LogP contribution is 2.09. The van der Waals surface area contributed by atoms with Crippen LogP contribution in [0.3, 0.4) is 0 Å². The summed E-state index contributed by atoms with van der Waals surface area (Å²) in [6.45, 7) is 2.48. The minimum atomic E-state index is 0.557. The summed E-state index contributed by atoms with van der Waals surface area (Å²) in [5.41, 5.74) is 8.38. The molecule has 0 amide bonds. The molecule has 0 spiro atoms. The third-order valence-electron chi connectivity index (χ3n) is 2.18. The van der Waals surface area contributed by atoms with Crippen molar-refractivity contribution < 1.29 is 0 Å². The highest BCUT2D eigenvalue weighted by atomic mass is 15.5. The molecule has 4 nitrogen and oxygen atoms in total. The van der Waals surface area contributed by atoms with Gasteiger partial charge in [0.1, 0.15) is 0 Å². The van der Waals surface area contributed by atoms with Crippen molar-refractivity contribution in [3.63, 3.8) is 0 Å². The number of hydrogen-bond acceptors (Lipinski definition) is 3. The van der Waals surface area contributed by atoms with Gasteiger partial charge in [0.05, 0.1) is 17.6 Å². The lowest BCUT2D eigenvalue weighted by Gasteiger charge is -1.99. The number of hydrogen-bond donors (Lipinski definition) is 1. The van der Waals surface area contributed by atoms with Gasteiger partial charge >= 0.3 is 0 Å². The fourth-order valence-corrected chi connectivity index (χ4v) is 1.39. The molecule has 1 aromatic carbocycles. The van der Waals surface area contributed by atoms with Crippen LogP contribution < -0.4 is 5.73 Å². The van der Waals surface area contributed by atoms with Crippen LogP contribution >= 0.6 is 0 Å². The summed E-state index contributed by atoms with van der Waals surface area (Å²) in [7, 11) is 0. The van der Waals surface area contributed by atoms with Gasteiger partial charge in [0.15, 0.2) is 0 Å². The zero-order valence-corrected chi connectivity index (χ0v) is 9.17. The number of aromatic nitrogens is 3. The van der Waals surface area contributed by atoms with Crippen molar-refractivity contribution in [3.8, 4) is 5.69 Å². The first-order valence-corrected chi connectivity index (χ1v) is 5.15. The van der Waals surface area contributed by atoms with Gasteiger partial charge in [-0.05, 0) is 24.6 Å². The van der Waals surface area contributed by atoms with E-state index in [1.807, 2.05) is 43.3 Å². The maximum atomic E-state index is 5.39. The van der Waals surface area contributed by atoms with Crippen LogP contribution in [0.4, 0.5) is 0 Å². The maximum absolute atomic E-state index is 5.39. The molecule has 0 saturated heterocycles. The molecule has 2 aromatic rings. The molecule has 1 aromatic heterocycles. The van der Waals surface area contributed by atoms with E-state index < -0.39 is 0 Å². The minimum absolute atomic E-state index is 0.557. The third-order valence-corrected chi connectivity index (χ3v) is 2.18. The highest BCUT2D eigenvalue weighted by Gasteiger charge is 1.98. The number of benzene rings is 1. The van der Waals surface area contributed by atoms with Crippen LogP contribution in [0.5, 0.6) is 0 Å². The number of aryl methyl sites for hydroxylation is 1. The first-order valence-electron chi connectivity index (χ1n) is 5.15. The van der Waals surface area contributed by atoms with Gasteiger partial charge in [-0.25, -0.2) is 0 Å². The summed E-state index contributed by atoms with van der Waals surface area (Å²) in [6.07, 6.45) is 5.65. The number of nitrogens with zero attached hydrogens (tertiary/aromatic N) is 3. The second-order valence-electron chi connectivity index (χ2n) is 3.50. The molecule has 2 rings (SSSR count). The van der Waals surface area contributed by atoms with E-state index in [2.05, 4.69) is 10.2 Å². The maximum Gasteiger partial charge on any atom is 0.0857 e. The van der Waals surface area contributed by atoms with Gasteiger partial charge in [0.25, 0.3) is 0 Å². The highest BCUT2D eigenvalue weighted by molar-refractivity contribution is 5.51. The van der Waals surface area contributed by atoms with E-state index in [4.69, 9.17) is 5.73 Å². The molecule has 0 saturated carbocycles. The van der Waals surface area contributed by atoms with Gasteiger partial charge in [0.2, 0.25) is 0 Å². The smallest absolute Gasteiger partial charge is 0.0857 e. The van der Waals surface area contributed by atoms with Gasteiger partial charge in [0, 0.05) is 6.54 Å². The summed E-state index contributed by atoms with van der Waals surface area (Å²) < 4.78 is 0. The van der Waals surface area contributed by atoms with E-state index in [9.17, 15) is 0 Å². The first-order chi connectivity index (χ1) is 7.79. The molecule has 0 fully saturated rings. The molecule has 0 bridgehead atoms. The fraction of sp³-hybridized carbons (Fsp3) is 0.167. The summed E-state index contributed by atoms with van der Waals surface area (Å²) in [5, 5.41) is 8.39. The second kappa shape index (κ2) is 4.72. The molecule has 2 N–H and O–H groups in total. The molecule has 0 atom stereocenters. The van der Waals surface area contributed by atoms with Crippen LogP contribution in [-0.2, 0) is 0 Å². The Bertz CT molecular complexity index is 482. The Morgan fingerprint density at radius 3 is 2.62 bits per heavy atom. The Balaban J connectivity index is 2.22. The average Bonchev–Trinajstić information content (AvgIpc) is 2.74. The monoisotopic (exact) mass is 214 g/mol. The van der Waals surface area contributed by atoms with Gasteiger partial charge in [-0.15, -0.1) is 0 Å². The normalized spacial score (nSPS) is 11.1. The average molecular weight is 214 g/mol. The van der Waals surface area contributed by atoms with E-state index in [-0.39, 0.29) is 0 Å². The molecule has 0 aliphatic carbocycles. The predicted molar refractivity (Wildman–Crippen MR) is 64.2 cm³/mol. The van der Waals surface area contributed by atoms with Gasteiger partial charge in [-0.3, -0.25) is 0 Å². The third kappa shape index (κ3) is 2.35. The molecule has 0 radical (unpaired) electrons. The standard InChI is InChI=1S/C12H14N4/c1-10-9-14-16(15-10)12-6-4-11(5-7-12)3-2-8-13/h2-7,9H,8,13H2,1H3/b3-2+. The van der Waals surface area contributed by atoms with Crippen LogP contribution in [0.1, 0.15) is 11.3 Å². The summed E-state index contributed by atoms with van der Waals surface area (Å²) in [4.78, 5) is 1.62. The van der Waals surface area contributed by atoms with E-state index in [1.54, 1.807) is 11.0 Å². The lowest BCUT2D eigenvalue weighted by atomic mass is 10.2. The topological polar surface area (TPSA) is 56.7 Å². The summed E-state index contributed by atoms with van der Waals surface area (Å²) in [6, 6.07) is 7.99. The second-order valence-corrected chi connectivity index (χ2v) is 3.50. The van der Waals surface area contributed by atoms with Crippen molar-refractivity contribution in [2.45, 2.75) is 6.92 Å². The fourth-order valence-electron chi connectivity index (χ4n) is 1.39. The largest absolute Gasteiger partial charge is 0.327 e. The molecular formula is C12H14N4. The molecule has 0 aliphatic rings. The molecule has 16 heavy (non-hydrogen) atoms. The van der Waals surface area contributed by atoms with E-state index in [0.29, 0.717) is 6.54 Å². The van der Waals surface area contributed by atoms with Crippen molar-refractivity contribution >= 4 is 6.08 Å². The van der Waals surface area contributed by atoms with Gasteiger partial charge in [-0.2, -0.15) is 15.0 Å². The molecule has 0 aliphatic heterocycles. The van der Waals surface area contributed by atoms with Crippen LogP contribution in [0.15, 0.2) is 36.5 Å². The van der Waals surface area contributed by atoms with E-state index in [1.165, 1.54) is 0 Å². The Morgan fingerprint density at radius 1 is 1.31 bits per heavy atom. The molecule has 4 heteroatoms. The predicted octanol–water partition coefficient (Wildman–Crippen LogP) is 1.55. The van der Waals surface area contributed by atoms with Crippen molar-refractivity contribution in [2.75, 3.05) is 6.54 Å². The van der Waals surface area contributed by atoms with Gasteiger partial charge in [-0.1, -0.05) is 24.3 Å². The SMILES string of the molecule is Cc1cnn(-c2ccc(/C=C/CN)cc2)n1. The Morgan fingerprint density at radius 2 is 2.06 bits per heavy atom. The van der Waals surface area contributed by atoms with Crippen LogP contribution in [0.25, 0.3) is 11.8 Å². The Labute approximate surface area is 94.4 Å². The summed E-state index contributed by atoms with van der Waals surface area (Å²) >= 11 is 0. The van der Waals surface area contributed by atoms with Crippen LogP contribution in [-0.4, -0.2) is 21.5 Å². The van der Waals surface area contributed by atoms with E-state index >= 15 is 0 Å². The Hall–Kier alpha value is -1.94. The summed E-state index contributed by atoms with van der Waals surface area (Å²) in [5.74, 6) is 0. The van der Waals surface area contributed by atoms with Crippen molar-refractivity contribution in [1.82, 2.24) is 15.0 Å². The van der Waals surface area contributed by atoms with Crippen LogP contribution in [0.2, 0.25) is 0 Å². The zero-order valence-electron chi connectivity index (χ0n) is 9.17. The minimum Gasteiger partial charge on any atom is -0.327 e. The molecule has 82 valence electrons. The lowest BCUT2D eigenvalue weighted by molar-refractivity contribution is 0.746. The van der Waals surface area contributed by atoms with E-state index in [0.717, 1.165) is 16.9 Å². The molecule has 0 unspecified atom stereocenters. The Kier molecular flexibility index (Phi) is 3.12. The van der Waals surface area contributed by atoms with Crippen LogP contribution in [0, 0.1) is 6.92 Å². The number of nitrogens with two attached hydrogens (primary N) is 1. The first kappa shape index (κ1) is 10.6. The quantitative estimate of drug-likeness (QED) is 0.843. The lowest BCUT2D eigenvalue weighted by Crippen LogP contribution is -1.98. The molecule has 1 heterocycles. The molecular weight excluding hydrogens is 200 g/mol. The number of rotatable bonds is 3. The van der Waals surface area contributed by atoms with Gasteiger partial charge < -0.3 is 5.73 Å². The van der Waals surface area contributed by atoms with Crippen molar-refractivity contribution in [3.05, 3.63) is 47.8 Å². The van der Waals surface area contributed by atoms with Crippen molar-refractivity contribution in [1.29, 1.82) is 0 Å². The zero-order chi connectivity index (χ0) is 11.4.